The molecule has 18 heavy (non-hydrogen) atoms. The highest BCUT2D eigenvalue weighted by molar-refractivity contribution is 5.84. The topological polar surface area (TPSA) is 30.9 Å². The molecule has 0 amide bonds. The molecule has 1 unspecified atom stereocenters. The number of fused-ring (bicyclic) bond motifs is 1. The van der Waals surface area contributed by atoms with Crippen molar-refractivity contribution >= 4 is 10.9 Å². The number of aromatic nitrogens is 1. The van der Waals surface area contributed by atoms with Crippen LogP contribution in [0, 0.1) is 0 Å². The minimum Gasteiger partial charge on any atom is -0.344 e. The summed E-state index contributed by atoms with van der Waals surface area (Å²) in [6.07, 6.45) is 8.73. The minimum absolute atomic E-state index is 0.229. The van der Waals surface area contributed by atoms with E-state index >= 15 is 0 Å². The SMILES string of the molecule is CC(N)Cc1cn(C2CCCC2)c2ccccc12. The van der Waals surface area contributed by atoms with Crippen LogP contribution in [0.4, 0.5) is 0 Å². The van der Waals surface area contributed by atoms with Gasteiger partial charge in [-0.05, 0) is 37.8 Å². The largest absolute Gasteiger partial charge is 0.344 e. The van der Waals surface area contributed by atoms with E-state index in [0.29, 0.717) is 6.04 Å². The molecule has 1 atom stereocenters. The average molecular weight is 242 g/mol. The number of rotatable bonds is 3. The van der Waals surface area contributed by atoms with Crippen LogP contribution < -0.4 is 5.73 Å². The maximum Gasteiger partial charge on any atom is 0.0485 e. The maximum atomic E-state index is 5.97. The van der Waals surface area contributed by atoms with E-state index in [-0.39, 0.29) is 6.04 Å². The zero-order chi connectivity index (χ0) is 12.5. The summed E-state index contributed by atoms with van der Waals surface area (Å²) in [6, 6.07) is 9.69. The molecule has 1 fully saturated rings. The van der Waals surface area contributed by atoms with E-state index in [1.165, 1.54) is 42.1 Å². The lowest BCUT2D eigenvalue weighted by Gasteiger charge is -2.13. The fourth-order valence-electron chi connectivity index (χ4n) is 3.27. The average Bonchev–Trinajstić information content (AvgIpc) is 2.96. The van der Waals surface area contributed by atoms with Gasteiger partial charge in [-0.3, -0.25) is 0 Å². The summed E-state index contributed by atoms with van der Waals surface area (Å²) in [5, 5.41) is 1.39. The molecule has 96 valence electrons. The van der Waals surface area contributed by atoms with Crippen molar-refractivity contribution in [3.63, 3.8) is 0 Å². The van der Waals surface area contributed by atoms with Gasteiger partial charge in [0.25, 0.3) is 0 Å². The third kappa shape index (κ3) is 2.05. The molecule has 1 saturated carbocycles. The second-order valence-corrected chi connectivity index (χ2v) is 5.70. The summed E-state index contributed by atoms with van der Waals surface area (Å²) in [5.41, 5.74) is 8.77. The lowest BCUT2D eigenvalue weighted by atomic mass is 10.1. The molecule has 0 bridgehead atoms. The zero-order valence-corrected chi connectivity index (χ0v) is 11.1. The Morgan fingerprint density at radius 1 is 1.28 bits per heavy atom. The maximum absolute atomic E-state index is 5.97. The molecule has 3 rings (SSSR count). The Balaban J connectivity index is 2.07. The van der Waals surface area contributed by atoms with Gasteiger partial charge in [-0.2, -0.15) is 0 Å². The summed E-state index contributed by atoms with van der Waals surface area (Å²) in [4.78, 5) is 0. The summed E-state index contributed by atoms with van der Waals surface area (Å²) in [7, 11) is 0. The van der Waals surface area contributed by atoms with Gasteiger partial charge >= 0.3 is 0 Å². The van der Waals surface area contributed by atoms with Crippen LogP contribution in [0.5, 0.6) is 0 Å². The van der Waals surface area contributed by atoms with Crippen LogP contribution in [-0.4, -0.2) is 10.6 Å². The van der Waals surface area contributed by atoms with Gasteiger partial charge in [0.2, 0.25) is 0 Å². The number of hydrogen-bond acceptors (Lipinski definition) is 1. The number of nitrogens with two attached hydrogens (primary N) is 1. The molecular formula is C16H22N2. The van der Waals surface area contributed by atoms with Crippen LogP contribution >= 0.6 is 0 Å². The summed E-state index contributed by atoms with van der Waals surface area (Å²) in [5.74, 6) is 0. The Morgan fingerprint density at radius 3 is 2.72 bits per heavy atom. The lowest BCUT2D eigenvalue weighted by molar-refractivity contribution is 0.534. The molecule has 1 aromatic carbocycles. The first kappa shape index (κ1) is 11.8. The standard InChI is InChI=1S/C16H22N2/c1-12(17)10-13-11-18(14-6-2-3-7-14)16-9-5-4-8-15(13)16/h4-5,8-9,11-12,14H,2-3,6-7,10,17H2,1H3. The molecule has 0 spiro atoms. The van der Waals surface area contributed by atoms with Gasteiger partial charge < -0.3 is 10.3 Å². The fraction of sp³-hybridized carbons (Fsp3) is 0.500. The van der Waals surface area contributed by atoms with Crippen LogP contribution in [0.2, 0.25) is 0 Å². The molecule has 1 heterocycles. The molecular weight excluding hydrogens is 220 g/mol. The van der Waals surface area contributed by atoms with Gasteiger partial charge in [0.1, 0.15) is 0 Å². The number of nitrogens with zero attached hydrogens (tertiary/aromatic N) is 1. The van der Waals surface area contributed by atoms with Crippen molar-refractivity contribution in [2.24, 2.45) is 5.73 Å². The highest BCUT2D eigenvalue weighted by atomic mass is 15.0. The van der Waals surface area contributed by atoms with Crippen LogP contribution in [0.1, 0.15) is 44.2 Å². The minimum atomic E-state index is 0.229. The molecule has 1 aliphatic rings. The Kier molecular flexibility index (Phi) is 3.13. The summed E-state index contributed by atoms with van der Waals surface area (Å²) < 4.78 is 2.50. The van der Waals surface area contributed by atoms with Crippen molar-refractivity contribution in [3.05, 3.63) is 36.0 Å². The molecule has 1 aliphatic carbocycles. The predicted molar refractivity (Wildman–Crippen MR) is 76.8 cm³/mol. The molecule has 0 aliphatic heterocycles. The van der Waals surface area contributed by atoms with E-state index in [1.54, 1.807) is 0 Å². The Morgan fingerprint density at radius 2 is 2.00 bits per heavy atom. The number of para-hydroxylation sites is 1. The number of hydrogen-bond donors (Lipinski definition) is 1. The van der Waals surface area contributed by atoms with Gasteiger partial charge in [0, 0.05) is 29.2 Å². The van der Waals surface area contributed by atoms with Crippen molar-refractivity contribution in [1.82, 2.24) is 4.57 Å². The highest BCUT2D eigenvalue weighted by Gasteiger charge is 2.19. The predicted octanol–water partition coefficient (Wildman–Crippen LogP) is 3.65. The smallest absolute Gasteiger partial charge is 0.0485 e. The van der Waals surface area contributed by atoms with Gasteiger partial charge in [-0.15, -0.1) is 0 Å². The first-order valence-corrected chi connectivity index (χ1v) is 7.10. The first-order valence-electron chi connectivity index (χ1n) is 7.10. The van der Waals surface area contributed by atoms with Crippen molar-refractivity contribution in [1.29, 1.82) is 0 Å². The monoisotopic (exact) mass is 242 g/mol. The molecule has 2 heteroatoms. The van der Waals surface area contributed by atoms with Gasteiger partial charge in [0.05, 0.1) is 0 Å². The normalized spacial score (nSPS) is 18.6. The van der Waals surface area contributed by atoms with Crippen molar-refractivity contribution < 1.29 is 0 Å². The van der Waals surface area contributed by atoms with E-state index in [1.807, 2.05) is 0 Å². The van der Waals surface area contributed by atoms with Crippen LogP contribution in [0.25, 0.3) is 10.9 Å². The molecule has 0 radical (unpaired) electrons. The second-order valence-electron chi connectivity index (χ2n) is 5.70. The Hall–Kier alpha value is -1.28. The molecule has 2 nitrogen and oxygen atoms in total. The molecule has 1 aromatic heterocycles. The quantitative estimate of drug-likeness (QED) is 0.875. The van der Waals surface area contributed by atoms with Crippen LogP contribution in [0.15, 0.2) is 30.5 Å². The third-order valence-corrected chi connectivity index (χ3v) is 4.08. The fourth-order valence-corrected chi connectivity index (χ4v) is 3.27. The van der Waals surface area contributed by atoms with Crippen molar-refractivity contribution in [3.8, 4) is 0 Å². The van der Waals surface area contributed by atoms with Crippen molar-refractivity contribution in [2.75, 3.05) is 0 Å². The van der Waals surface area contributed by atoms with E-state index < -0.39 is 0 Å². The molecule has 0 saturated heterocycles. The van der Waals surface area contributed by atoms with Gasteiger partial charge in [0.15, 0.2) is 0 Å². The lowest BCUT2D eigenvalue weighted by Crippen LogP contribution is -2.17. The van der Waals surface area contributed by atoms with E-state index in [0.717, 1.165) is 6.42 Å². The van der Waals surface area contributed by atoms with Gasteiger partial charge in [-0.25, -0.2) is 0 Å². The zero-order valence-electron chi connectivity index (χ0n) is 11.1. The summed E-state index contributed by atoms with van der Waals surface area (Å²) >= 11 is 0. The molecule has 2 aromatic rings. The second kappa shape index (κ2) is 4.77. The van der Waals surface area contributed by atoms with E-state index in [9.17, 15) is 0 Å². The highest BCUT2D eigenvalue weighted by Crippen LogP contribution is 2.34. The third-order valence-electron chi connectivity index (χ3n) is 4.08. The van der Waals surface area contributed by atoms with E-state index in [4.69, 9.17) is 5.73 Å². The van der Waals surface area contributed by atoms with Crippen LogP contribution in [-0.2, 0) is 6.42 Å². The molecule has 2 N–H and O–H groups in total. The van der Waals surface area contributed by atoms with E-state index in [2.05, 4.69) is 42.0 Å². The summed E-state index contributed by atoms with van der Waals surface area (Å²) in [6.45, 7) is 2.09. The number of benzene rings is 1. The van der Waals surface area contributed by atoms with Gasteiger partial charge in [-0.1, -0.05) is 31.0 Å². The Labute approximate surface area is 109 Å². The van der Waals surface area contributed by atoms with Crippen molar-refractivity contribution in [2.45, 2.75) is 51.1 Å². The Bertz CT molecular complexity index is 533. The first-order chi connectivity index (χ1) is 8.75. The van der Waals surface area contributed by atoms with Crippen LogP contribution in [0.3, 0.4) is 0 Å².